The van der Waals surface area contributed by atoms with Crippen LogP contribution in [0.5, 0.6) is 0 Å². The summed E-state index contributed by atoms with van der Waals surface area (Å²) >= 11 is 0. The SMILES string of the molecule is CC/C=C\C/C=C\C/C=C\C/C=C\CCCCC(=O)OC(COC(=O)CCCCCCCCCCCCCCCCCCCCCCCCCCC)COP(=O)(O)OCC[N+](C)(C)C. The molecule has 374 valence electrons. The van der Waals surface area contributed by atoms with E-state index in [0.717, 1.165) is 57.8 Å². The molecule has 0 heterocycles. The van der Waals surface area contributed by atoms with E-state index in [0.29, 0.717) is 17.4 Å². The molecule has 9 nitrogen and oxygen atoms in total. The van der Waals surface area contributed by atoms with Gasteiger partial charge in [0.05, 0.1) is 27.7 Å². The molecule has 2 unspecified atom stereocenters. The smallest absolute Gasteiger partial charge is 0.462 e. The zero-order valence-corrected chi connectivity index (χ0v) is 43.2. The molecule has 0 aromatic heterocycles. The van der Waals surface area contributed by atoms with Gasteiger partial charge in [0.25, 0.3) is 0 Å². The highest BCUT2D eigenvalue weighted by Crippen LogP contribution is 2.43. The van der Waals surface area contributed by atoms with Crippen LogP contribution in [-0.2, 0) is 32.7 Å². The maximum Gasteiger partial charge on any atom is 0.472 e. The number of phosphoric acid groups is 1. The molecule has 0 aromatic carbocycles. The Morgan fingerprint density at radius 2 is 0.891 bits per heavy atom. The van der Waals surface area contributed by atoms with Crippen LogP contribution in [0.1, 0.15) is 232 Å². The van der Waals surface area contributed by atoms with Gasteiger partial charge in [-0.25, -0.2) is 4.57 Å². The highest BCUT2D eigenvalue weighted by Gasteiger charge is 2.27. The number of unbranched alkanes of at least 4 members (excludes halogenated alkanes) is 26. The average Bonchev–Trinajstić information content (AvgIpc) is 3.25. The van der Waals surface area contributed by atoms with Crippen LogP contribution in [-0.4, -0.2) is 74.9 Å². The van der Waals surface area contributed by atoms with Crippen LogP contribution in [0.2, 0.25) is 0 Å². The quantitative estimate of drug-likeness (QED) is 0.0211. The number of quaternary nitrogens is 1. The van der Waals surface area contributed by atoms with Crippen LogP contribution in [0.25, 0.3) is 0 Å². The van der Waals surface area contributed by atoms with Gasteiger partial charge in [-0.3, -0.25) is 18.6 Å². The molecule has 10 heteroatoms. The molecule has 0 aromatic rings. The second-order valence-corrected chi connectivity index (χ2v) is 20.3. The highest BCUT2D eigenvalue weighted by atomic mass is 31.2. The lowest BCUT2D eigenvalue weighted by atomic mass is 10.0. The minimum Gasteiger partial charge on any atom is -0.462 e. The lowest BCUT2D eigenvalue weighted by Crippen LogP contribution is -2.37. The third-order valence-electron chi connectivity index (χ3n) is 11.4. The summed E-state index contributed by atoms with van der Waals surface area (Å²) in [6.07, 6.45) is 56.2. The van der Waals surface area contributed by atoms with Crippen LogP contribution in [0.4, 0.5) is 0 Å². The predicted molar refractivity (Wildman–Crippen MR) is 270 cm³/mol. The molecule has 0 rings (SSSR count). The molecule has 0 saturated heterocycles. The molecule has 2 atom stereocenters. The number of carbonyl (C=O) groups is 2. The number of carbonyl (C=O) groups excluding carboxylic acids is 2. The number of rotatable bonds is 48. The van der Waals surface area contributed by atoms with Crippen molar-refractivity contribution in [2.24, 2.45) is 0 Å². The van der Waals surface area contributed by atoms with E-state index in [2.05, 4.69) is 62.5 Å². The van der Waals surface area contributed by atoms with Crippen molar-refractivity contribution in [1.82, 2.24) is 0 Å². The van der Waals surface area contributed by atoms with Crippen LogP contribution in [0, 0.1) is 0 Å². The highest BCUT2D eigenvalue weighted by molar-refractivity contribution is 7.47. The third kappa shape index (κ3) is 49.4. The first-order valence-corrected chi connectivity index (χ1v) is 27.9. The fourth-order valence-electron chi connectivity index (χ4n) is 7.30. The second kappa shape index (κ2) is 46.1. The van der Waals surface area contributed by atoms with Gasteiger partial charge >= 0.3 is 19.8 Å². The van der Waals surface area contributed by atoms with Crippen molar-refractivity contribution in [3.63, 3.8) is 0 Å². The number of esters is 2. The van der Waals surface area contributed by atoms with Crippen LogP contribution >= 0.6 is 7.82 Å². The lowest BCUT2D eigenvalue weighted by Gasteiger charge is -2.24. The van der Waals surface area contributed by atoms with Gasteiger partial charge in [0.15, 0.2) is 6.10 Å². The van der Waals surface area contributed by atoms with E-state index < -0.39 is 26.5 Å². The van der Waals surface area contributed by atoms with Crippen molar-refractivity contribution in [2.45, 2.75) is 238 Å². The molecule has 1 N–H and O–H groups in total. The van der Waals surface area contributed by atoms with E-state index in [4.69, 9.17) is 18.5 Å². The Hall–Kier alpha value is -2.03. The first-order valence-electron chi connectivity index (χ1n) is 26.4. The minimum absolute atomic E-state index is 0.0234. The molecule has 0 radical (unpaired) electrons. The molecular weight excluding hydrogens is 822 g/mol. The Bertz CT molecular complexity index is 1230. The first kappa shape index (κ1) is 62.0. The Morgan fingerprint density at radius 3 is 1.33 bits per heavy atom. The van der Waals surface area contributed by atoms with Gasteiger partial charge < -0.3 is 18.9 Å². The van der Waals surface area contributed by atoms with Gasteiger partial charge in [-0.1, -0.05) is 217 Å². The monoisotopic (exact) mass is 923 g/mol. The molecule has 0 bridgehead atoms. The van der Waals surface area contributed by atoms with E-state index in [1.165, 1.54) is 141 Å². The van der Waals surface area contributed by atoms with Gasteiger partial charge in [0.2, 0.25) is 0 Å². The van der Waals surface area contributed by atoms with E-state index in [-0.39, 0.29) is 32.0 Å². The number of hydrogen-bond acceptors (Lipinski definition) is 7. The molecule has 0 aliphatic carbocycles. The fraction of sp³-hybridized carbons (Fsp3) is 0.815. The summed E-state index contributed by atoms with van der Waals surface area (Å²) in [7, 11) is 1.45. The molecule has 64 heavy (non-hydrogen) atoms. The van der Waals surface area contributed by atoms with E-state index >= 15 is 0 Å². The van der Waals surface area contributed by atoms with Gasteiger partial charge in [-0.2, -0.15) is 0 Å². The maximum atomic E-state index is 12.7. The summed E-state index contributed by atoms with van der Waals surface area (Å²) in [5.74, 6) is -0.840. The van der Waals surface area contributed by atoms with Gasteiger partial charge in [0.1, 0.15) is 19.8 Å². The van der Waals surface area contributed by atoms with Crippen LogP contribution < -0.4 is 0 Å². The zero-order valence-electron chi connectivity index (χ0n) is 42.3. The maximum absolute atomic E-state index is 12.7. The summed E-state index contributed by atoms with van der Waals surface area (Å²) < 4.78 is 34.4. The van der Waals surface area contributed by atoms with Crippen molar-refractivity contribution >= 4 is 19.8 Å². The number of ether oxygens (including phenoxy) is 2. The Balaban J connectivity index is 4.17. The van der Waals surface area contributed by atoms with Crippen molar-refractivity contribution in [3.05, 3.63) is 48.6 Å². The number of nitrogens with zero attached hydrogens (tertiary/aromatic N) is 1. The van der Waals surface area contributed by atoms with Crippen molar-refractivity contribution in [2.75, 3.05) is 47.5 Å². The molecule has 0 saturated carbocycles. The van der Waals surface area contributed by atoms with Crippen molar-refractivity contribution in [3.8, 4) is 0 Å². The van der Waals surface area contributed by atoms with Gasteiger partial charge in [0, 0.05) is 12.8 Å². The van der Waals surface area contributed by atoms with Crippen molar-refractivity contribution < 1.29 is 42.1 Å². The Morgan fingerprint density at radius 1 is 0.500 bits per heavy atom. The molecule has 0 aliphatic rings. The first-order chi connectivity index (χ1) is 31.0. The lowest BCUT2D eigenvalue weighted by molar-refractivity contribution is -0.870. The number of likely N-dealkylation sites (N-methyl/N-ethyl adjacent to an activating group) is 1. The number of hydrogen-bond donors (Lipinski definition) is 1. The summed E-state index contributed by atoms with van der Waals surface area (Å²) in [4.78, 5) is 35.5. The van der Waals surface area contributed by atoms with Crippen LogP contribution in [0.15, 0.2) is 48.6 Å². The van der Waals surface area contributed by atoms with Gasteiger partial charge in [-0.15, -0.1) is 0 Å². The molecule has 0 spiro atoms. The van der Waals surface area contributed by atoms with E-state index in [9.17, 15) is 19.0 Å². The van der Waals surface area contributed by atoms with E-state index in [1.807, 2.05) is 21.1 Å². The van der Waals surface area contributed by atoms with E-state index in [1.54, 1.807) is 0 Å². The van der Waals surface area contributed by atoms with Crippen LogP contribution in [0.3, 0.4) is 0 Å². The van der Waals surface area contributed by atoms with Crippen molar-refractivity contribution in [1.29, 1.82) is 0 Å². The molecule has 0 fully saturated rings. The topological polar surface area (TPSA) is 108 Å². The zero-order chi connectivity index (χ0) is 47.1. The number of phosphoric ester groups is 1. The molecule has 0 amide bonds. The second-order valence-electron chi connectivity index (χ2n) is 18.9. The predicted octanol–water partition coefficient (Wildman–Crippen LogP) is 15.8. The summed E-state index contributed by atoms with van der Waals surface area (Å²) in [6, 6.07) is 0. The summed E-state index contributed by atoms with van der Waals surface area (Å²) in [6.45, 7) is 4.29. The van der Waals surface area contributed by atoms with Gasteiger partial charge in [-0.05, 0) is 51.4 Å². The fourth-order valence-corrected chi connectivity index (χ4v) is 8.04. The number of allylic oxidation sites excluding steroid dienone is 8. The summed E-state index contributed by atoms with van der Waals surface area (Å²) in [5.41, 5.74) is 0. The normalized spacial score (nSPS) is 13.8. The average molecular weight is 923 g/mol. The molecular formula is C54H101NO8P+. The Labute approximate surface area is 394 Å². The third-order valence-corrected chi connectivity index (χ3v) is 12.4. The summed E-state index contributed by atoms with van der Waals surface area (Å²) in [5, 5.41) is 0. The largest absolute Gasteiger partial charge is 0.472 e. The molecule has 0 aliphatic heterocycles. The Kier molecular flexibility index (Phi) is 44.6. The minimum atomic E-state index is -4.39. The standard InChI is InChI=1S/C54H100NO8P/c1-6-8-10-12-14-16-18-20-22-23-24-25-26-27-28-29-30-31-33-34-36-38-40-42-44-46-53(56)60-50-52(51-62-64(58,59)61-49-48-55(3,4)5)63-54(57)47-45-43-41-39-37-35-32-21-19-17-15-13-11-9-7-2/h9,11,15,17,21,32,37,39,52H,6-8,10,12-14,16,18-20,22-31,33-36,38,40-51H2,1-5H3/p+1/b11-9-,17-15-,32-21-,39-37-.